The van der Waals surface area contributed by atoms with Crippen LogP contribution >= 0.6 is 0 Å². The van der Waals surface area contributed by atoms with E-state index in [4.69, 9.17) is 24.8 Å². The second-order valence-corrected chi connectivity index (χ2v) is 5.69. The minimum Gasteiger partial charge on any atom is -0.478 e. The number of rotatable bonds is 15. The number of carbonyl (C=O) groups excluding carboxylic acids is 2. The van der Waals surface area contributed by atoms with E-state index in [1.165, 1.54) is 0 Å². The highest BCUT2D eigenvalue weighted by Crippen LogP contribution is 1.94. The van der Waals surface area contributed by atoms with Crippen LogP contribution in [0.3, 0.4) is 0 Å². The van der Waals surface area contributed by atoms with E-state index in [9.17, 15) is 19.2 Å². The van der Waals surface area contributed by atoms with Gasteiger partial charge in [0.25, 0.3) is 0 Å². The molecule has 0 saturated carbocycles. The number of carboxylic acid groups (broad SMARTS) is 2. The molecule has 0 radical (unpaired) electrons. The Morgan fingerprint density at radius 1 is 0.625 bits per heavy atom. The van der Waals surface area contributed by atoms with Crippen molar-refractivity contribution in [1.82, 2.24) is 0 Å². The first kappa shape index (κ1) is 33.2. The molecule has 0 aromatic rings. The summed E-state index contributed by atoms with van der Waals surface area (Å²) in [6, 6.07) is 0. The number of allylic oxidation sites excluding steroid dienone is 3. The molecule has 0 heterocycles. The molecule has 0 amide bonds. The Morgan fingerprint density at radius 3 is 1.22 bits per heavy atom. The number of aliphatic hydroxyl groups excluding tert-OH is 1. The molecule has 0 spiro atoms. The number of hydrogen-bond donors (Lipinski definition) is 3. The molecule has 0 aliphatic heterocycles. The van der Waals surface area contributed by atoms with E-state index < -0.39 is 23.9 Å². The van der Waals surface area contributed by atoms with Crippen LogP contribution in [0.2, 0.25) is 0 Å². The highest BCUT2D eigenvalue weighted by atomic mass is 16.5. The lowest BCUT2D eigenvalue weighted by Gasteiger charge is -2.00. The predicted molar refractivity (Wildman–Crippen MR) is 121 cm³/mol. The standard InChI is InChI=1S/C14H20O4.C5H10O.C4H4O4/c1-3-5-7-11-17-13(15)9-10-14(16)18-12-8-6-4-2;1-2-3-4-5-6;5-3(6)1-2-4(7)8/h3-4,9-10H,1-2,5-8,11-12H2;2,6H,1,3-5H2;1-2H,(H,5,6)(H,7,8)/b10-9+;;2-1+. The van der Waals surface area contributed by atoms with Crippen LogP contribution in [0.5, 0.6) is 0 Å². The largest absolute Gasteiger partial charge is 0.478 e. The van der Waals surface area contributed by atoms with Crippen molar-refractivity contribution in [1.29, 1.82) is 0 Å². The molecule has 0 unspecified atom stereocenters. The lowest BCUT2D eigenvalue weighted by molar-refractivity contribution is -0.140. The summed E-state index contributed by atoms with van der Waals surface area (Å²) in [4.78, 5) is 41.4. The van der Waals surface area contributed by atoms with Gasteiger partial charge in [0.15, 0.2) is 0 Å². The smallest absolute Gasteiger partial charge is 0.331 e. The van der Waals surface area contributed by atoms with E-state index in [0.29, 0.717) is 25.4 Å². The number of aliphatic hydroxyl groups is 1. The molecule has 32 heavy (non-hydrogen) atoms. The average molecular weight is 455 g/mol. The molecule has 0 rings (SSSR count). The van der Waals surface area contributed by atoms with Gasteiger partial charge in [-0.1, -0.05) is 18.2 Å². The van der Waals surface area contributed by atoms with Gasteiger partial charge in [-0.15, -0.1) is 19.7 Å². The molecule has 0 aliphatic carbocycles. The molecule has 0 aliphatic rings. The molecule has 0 atom stereocenters. The van der Waals surface area contributed by atoms with Gasteiger partial charge in [-0.25, -0.2) is 19.2 Å². The second-order valence-electron chi connectivity index (χ2n) is 5.69. The molecule has 0 bridgehead atoms. The SMILES string of the molecule is C=CCCCO.C=CCCCOC(=O)/C=C/C(=O)OCCCC=C.O=C(O)/C=C/C(=O)O. The van der Waals surface area contributed by atoms with E-state index in [1.54, 1.807) is 18.2 Å². The zero-order valence-corrected chi connectivity index (χ0v) is 18.3. The molecule has 0 saturated heterocycles. The van der Waals surface area contributed by atoms with E-state index in [1.807, 2.05) is 0 Å². The lowest BCUT2D eigenvalue weighted by Crippen LogP contribution is -2.06. The number of carboxylic acids is 2. The Kier molecular flexibility index (Phi) is 28.6. The number of esters is 2. The van der Waals surface area contributed by atoms with Gasteiger partial charge in [-0.3, -0.25) is 0 Å². The summed E-state index contributed by atoms with van der Waals surface area (Å²) < 4.78 is 9.69. The van der Waals surface area contributed by atoms with E-state index >= 15 is 0 Å². The Hall–Kier alpha value is -3.46. The first-order valence-electron chi connectivity index (χ1n) is 9.84. The summed E-state index contributed by atoms with van der Waals surface area (Å²) in [6.45, 7) is 11.5. The molecule has 0 aromatic heterocycles. The maximum atomic E-state index is 11.1. The fourth-order valence-electron chi connectivity index (χ4n) is 1.41. The zero-order chi connectivity index (χ0) is 25.0. The highest BCUT2D eigenvalue weighted by molar-refractivity contribution is 5.91. The van der Waals surface area contributed by atoms with Crippen molar-refractivity contribution in [3.8, 4) is 0 Å². The van der Waals surface area contributed by atoms with Crippen molar-refractivity contribution in [2.24, 2.45) is 0 Å². The third-order valence-corrected chi connectivity index (χ3v) is 2.88. The number of hydrogen-bond acceptors (Lipinski definition) is 7. The third kappa shape index (κ3) is 37.3. The maximum absolute atomic E-state index is 11.1. The number of ether oxygens (including phenoxy) is 2. The zero-order valence-electron chi connectivity index (χ0n) is 18.3. The number of carbonyl (C=O) groups is 4. The van der Waals surface area contributed by atoms with Gasteiger partial charge >= 0.3 is 23.9 Å². The highest BCUT2D eigenvalue weighted by Gasteiger charge is 2.00. The van der Waals surface area contributed by atoms with Gasteiger partial charge in [0.1, 0.15) is 0 Å². The monoisotopic (exact) mass is 454 g/mol. The Bertz CT molecular complexity index is 573. The fraction of sp³-hybridized carbons (Fsp3) is 0.391. The van der Waals surface area contributed by atoms with E-state index in [-0.39, 0.29) is 6.61 Å². The molecular formula is C23H34O9. The van der Waals surface area contributed by atoms with Gasteiger partial charge in [-0.05, 0) is 38.5 Å². The fourth-order valence-corrected chi connectivity index (χ4v) is 1.41. The van der Waals surface area contributed by atoms with Crippen LogP contribution < -0.4 is 0 Å². The predicted octanol–water partition coefficient (Wildman–Crippen LogP) is 3.22. The average Bonchev–Trinajstić information content (AvgIpc) is 2.76. The quantitative estimate of drug-likeness (QED) is 0.147. The summed E-state index contributed by atoms with van der Waals surface area (Å²) in [5.74, 6) is -3.59. The minimum absolute atomic E-state index is 0.284. The van der Waals surface area contributed by atoms with Crippen molar-refractivity contribution in [2.75, 3.05) is 19.8 Å². The Balaban J connectivity index is -0.000000492. The minimum atomic E-state index is -1.26. The summed E-state index contributed by atoms with van der Waals surface area (Å²) >= 11 is 0. The van der Waals surface area contributed by atoms with E-state index in [2.05, 4.69) is 19.7 Å². The van der Waals surface area contributed by atoms with Gasteiger partial charge in [0.05, 0.1) is 13.2 Å². The van der Waals surface area contributed by atoms with E-state index in [0.717, 1.165) is 50.7 Å². The number of aliphatic carboxylic acids is 2. The Labute approximate surface area is 189 Å². The van der Waals surface area contributed by atoms with Crippen molar-refractivity contribution in [2.45, 2.75) is 38.5 Å². The van der Waals surface area contributed by atoms with Crippen LogP contribution in [-0.2, 0) is 28.7 Å². The van der Waals surface area contributed by atoms with Crippen LogP contribution in [0.25, 0.3) is 0 Å². The van der Waals surface area contributed by atoms with Gasteiger partial charge in [0.2, 0.25) is 0 Å². The molecule has 0 fully saturated rings. The molecular weight excluding hydrogens is 420 g/mol. The van der Waals surface area contributed by atoms with Crippen LogP contribution in [-0.4, -0.2) is 59.0 Å². The topological polar surface area (TPSA) is 147 Å². The van der Waals surface area contributed by atoms with Gasteiger partial charge in [-0.2, -0.15) is 0 Å². The third-order valence-electron chi connectivity index (χ3n) is 2.88. The van der Waals surface area contributed by atoms with Crippen LogP contribution in [0, 0.1) is 0 Å². The molecule has 180 valence electrons. The van der Waals surface area contributed by atoms with Crippen LogP contribution in [0.1, 0.15) is 38.5 Å². The van der Waals surface area contributed by atoms with Crippen molar-refractivity contribution in [3.63, 3.8) is 0 Å². The summed E-state index contributed by atoms with van der Waals surface area (Å²) in [5.41, 5.74) is 0. The first-order valence-corrected chi connectivity index (χ1v) is 9.84. The first-order chi connectivity index (χ1) is 15.2. The maximum Gasteiger partial charge on any atom is 0.331 e. The van der Waals surface area contributed by atoms with Crippen LogP contribution in [0.15, 0.2) is 62.3 Å². The van der Waals surface area contributed by atoms with Crippen LogP contribution in [0.4, 0.5) is 0 Å². The second kappa shape index (κ2) is 27.5. The number of unbranched alkanes of at least 4 members (excludes halogenated alkanes) is 3. The summed E-state index contributed by atoms with van der Waals surface area (Å²) in [5, 5.41) is 23.8. The molecule has 9 nitrogen and oxygen atoms in total. The molecule has 0 aromatic carbocycles. The van der Waals surface area contributed by atoms with Crippen molar-refractivity contribution in [3.05, 3.63) is 62.3 Å². The molecule has 9 heteroatoms. The molecule has 3 N–H and O–H groups in total. The van der Waals surface area contributed by atoms with Gasteiger partial charge in [0, 0.05) is 30.9 Å². The lowest BCUT2D eigenvalue weighted by atomic mass is 10.3. The summed E-state index contributed by atoms with van der Waals surface area (Å²) in [7, 11) is 0. The van der Waals surface area contributed by atoms with Crippen molar-refractivity contribution < 1.29 is 44.0 Å². The summed E-state index contributed by atoms with van der Waals surface area (Å²) in [6.07, 6.45) is 13.4. The van der Waals surface area contributed by atoms with Gasteiger partial charge < -0.3 is 24.8 Å². The Morgan fingerprint density at radius 2 is 0.969 bits per heavy atom. The normalized spacial score (nSPS) is 9.53. The van der Waals surface area contributed by atoms with Crippen molar-refractivity contribution >= 4 is 23.9 Å².